The van der Waals surface area contributed by atoms with Crippen molar-refractivity contribution in [2.24, 2.45) is 0 Å². The van der Waals surface area contributed by atoms with Gasteiger partial charge < -0.3 is 15.2 Å². The van der Waals surface area contributed by atoms with Crippen molar-refractivity contribution in [1.82, 2.24) is 15.8 Å². The first kappa shape index (κ1) is 11.6. The van der Waals surface area contributed by atoms with Crippen molar-refractivity contribution in [1.29, 1.82) is 0 Å². The molecule has 0 aliphatic heterocycles. The third kappa shape index (κ3) is 3.61. The largest absolute Gasteiger partial charge is 0.361 e. The van der Waals surface area contributed by atoms with E-state index in [4.69, 9.17) is 4.52 Å². The normalized spacial score (nSPS) is 15.6. The minimum Gasteiger partial charge on any atom is -0.361 e. The zero-order valence-electron chi connectivity index (χ0n) is 9.96. The second-order valence-electron chi connectivity index (χ2n) is 4.42. The van der Waals surface area contributed by atoms with E-state index in [-0.39, 0.29) is 0 Å². The van der Waals surface area contributed by atoms with Crippen LogP contribution in [0.1, 0.15) is 43.6 Å². The Labute approximate surface area is 96.8 Å². The maximum absolute atomic E-state index is 5.28. The predicted octanol–water partition coefficient (Wildman–Crippen LogP) is 1.64. The van der Waals surface area contributed by atoms with E-state index >= 15 is 0 Å². The quantitative estimate of drug-likeness (QED) is 0.658. The van der Waals surface area contributed by atoms with Crippen LogP contribution in [-0.4, -0.2) is 24.8 Å². The Kier molecular flexibility index (Phi) is 4.36. The number of nitrogens with one attached hydrogen (secondary N) is 2. The van der Waals surface area contributed by atoms with Gasteiger partial charge in [0.15, 0.2) is 0 Å². The summed E-state index contributed by atoms with van der Waals surface area (Å²) in [5.74, 6) is 1.73. The van der Waals surface area contributed by atoms with Gasteiger partial charge in [0.05, 0.1) is 5.69 Å². The van der Waals surface area contributed by atoms with Crippen LogP contribution in [0.25, 0.3) is 0 Å². The Morgan fingerprint density at radius 3 is 2.88 bits per heavy atom. The number of hydrogen-bond acceptors (Lipinski definition) is 4. The summed E-state index contributed by atoms with van der Waals surface area (Å²) in [6.07, 6.45) is 3.72. The van der Waals surface area contributed by atoms with Crippen LogP contribution < -0.4 is 10.6 Å². The van der Waals surface area contributed by atoms with Crippen LogP contribution in [0.2, 0.25) is 0 Å². The molecule has 0 amide bonds. The first-order valence-electron chi connectivity index (χ1n) is 6.27. The van der Waals surface area contributed by atoms with E-state index in [1.165, 1.54) is 19.3 Å². The molecule has 90 valence electrons. The maximum Gasteiger partial charge on any atom is 0.140 e. The summed E-state index contributed by atoms with van der Waals surface area (Å²) in [4.78, 5) is 0. The lowest BCUT2D eigenvalue weighted by molar-refractivity contribution is 0.376. The zero-order chi connectivity index (χ0) is 11.2. The molecule has 4 heteroatoms. The van der Waals surface area contributed by atoms with E-state index in [9.17, 15) is 0 Å². The van der Waals surface area contributed by atoms with Gasteiger partial charge in [-0.05, 0) is 25.8 Å². The van der Waals surface area contributed by atoms with Gasteiger partial charge in [-0.15, -0.1) is 0 Å². The average molecular weight is 223 g/mol. The van der Waals surface area contributed by atoms with Crippen molar-refractivity contribution in [2.45, 2.75) is 38.6 Å². The second-order valence-corrected chi connectivity index (χ2v) is 4.42. The molecule has 0 radical (unpaired) electrons. The highest BCUT2D eigenvalue weighted by Crippen LogP contribution is 2.40. The van der Waals surface area contributed by atoms with E-state index in [1.54, 1.807) is 0 Å². The summed E-state index contributed by atoms with van der Waals surface area (Å²) in [6.45, 7) is 6.07. The van der Waals surface area contributed by atoms with Gasteiger partial charge in [-0.3, -0.25) is 0 Å². The van der Waals surface area contributed by atoms with Crippen LogP contribution in [0.15, 0.2) is 10.6 Å². The molecule has 0 spiro atoms. The minimum absolute atomic E-state index is 0.660. The Morgan fingerprint density at radius 1 is 1.31 bits per heavy atom. The van der Waals surface area contributed by atoms with Crippen molar-refractivity contribution in [2.75, 3.05) is 19.6 Å². The van der Waals surface area contributed by atoms with Crippen molar-refractivity contribution < 1.29 is 4.52 Å². The number of rotatable bonds is 8. The molecule has 4 nitrogen and oxygen atoms in total. The van der Waals surface area contributed by atoms with Crippen LogP contribution in [0, 0.1) is 0 Å². The molecule has 0 aromatic carbocycles. The fraction of sp³-hybridized carbons (Fsp3) is 0.750. The van der Waals surface area contributed by atoms with Crippen molar-refractivity contribution in [3.63, 3.8) is 0 Å². The second kappa shape index (κ2) is 6.01. The Hall–Kier alpha value is -0.870. The molecule has 1 fully saturated rings. The topological polar surface area (TPSA) is 50.1 Å². The standard InChI is InChI=1S/C12H21N3O/c1-2-5-13-6-7-14-9-11-8-12(16-15-11)10-3-4-10/h8,10,13-14H,2-7,9H2,1H3. The van der Waals surface area contributed by atoms with Crippen LogP contribution in [0.5, 0.6) is 0 Å². The number of nitrogens with zero attached hydrogens (tertiary/aromatic N) is 1. The van der Waals surface area contributed by atoms with Gasteiger partial charge in [-0.1, -0.05) is 12.1 Å². The average Bonchev–Trinajstić information content (AvgIpc) is 3.04. The first-order chi connectivity index (χ1) is 7.90. The third-order valence-electron chi connectivity index (χ3n) is 2.77. The zero-order valence-corrected chi connectivity index (χ0v) is 9.96. The number of hydrogen-bond donors (Lipinski definition) is 2. The number of aromatic nitrogens is 1. The Morgan fingerprint density at radius 2 is 2.12 bits per heavy atom. The minimum atomic E-state index is 0.660. The predicted molar refractivity (Wildman–Crippen MR) is 63.3 cm³/mol. The Balaban J connectivity index is 1.57. The molecule has 1 saturated carbocycles. The smallest absolute Gasteiger partial charge is 0.140 e. The van der Waals surface area contributed by atoms with Crippen LogP contribution >= 0.6 is 0 Å². The highest BCUT2D eigenvalue weighted by molar-refractivity contribution is 5.14. The van der Waals surface area contributed by atoms with E-state index in [2.05, 4.69) is 28.8 Å². The summed E-state index contributed by atoms with van der Waals surface area (Å²) < 4.78 is 5.28. The third-order valence-corrected chi connectivity index (χ3v) is 2.77. The van der Waals surface area contributed by atoms with Crippen LogP contribution in [-0.2, 0) is 6.54 Å². The van der Waals surface area contributed by atoms with Gasteiger partial charge in [-0.2, -0.15) is 0 Å². The molecule has 1 aromatic rings. The van der Waals surface area contributed by atoms with Gasteiger partial charge in [0, 0.05) is 31.6 Å². The molecule has 0 saturated heterocycles. The lowest BCUT2D eigenvalue weighted by Gasteiger charge is -2.03. The summed E-state index contributed by atoms with van der Waals surface area (Å²) in [7, 11) is 0. The van der Waals surface area contributed by atoms with Crippen molar-refractivity contribution in [3.8, 4) is 0 Å². The summed E-state index contributed by atoms with van der Waals surface area (Å²) in [5, 5.41) is 10.8. The molecule has 2 N–H and O–H groups in total. The molecule has 16 heavy (non-hydrogen) atoms. The van der Waals surface area contributed by atoms with Gasteiger partial charge in [-0.25, -0.2) is 0 Å². The summed E-state index contributed by atoms with van der Waals surface area (Å²) in [6, 6.07) is 2.09. The van der Waals surface area contributed by atoms with Gasteiger partial charge in [0.1, 0.15) is 5.76 Å². The molecular formula is C12H21N3O. The summed E-state index contributed by atoms with van der Waals surface area (Å²) in [5.41, 5.74) is 1.03. The fourth-order valence-electron chi connectivity index (χ4n) is 1.67. The molecule has 0 atom stereocenters. The van der Waals surface area contributed by atoms with E-state index in [0.717, 1.165) is 37.6 Å². The molecule has 1 aliphatic carbocycles. The molecule has 2 rings (SSSR count). The van der Waals surface area contributed by atoms with Crippen LogP contribution in [0.4, 0.5) is 0 Å². The summed E-state index contributed by atoms with van der Waals surface area (Å²) >= 11 is 0. The van der Waals surface area contributed by atoms with Crippen molar-refractivity contribution >= 4 is 0 Å². The highest BCUT2D eigenvalue weighted by Gasteiger charge is 2.27. The fourth-order valence-corrected chi connectivity index (χ4v) is 1.67. The van der Waals surface area contributed by atoms with E-state index in [0.29, 0.717) is 5.92 Å². The van der Waals surface area contributed by atoms with Crippen LogP contribution in [0.3, 0.4) is 0 Å². The molecule has 0 unspecified atom stereocenters. The molecule has 0 bridgehead atoms. The van der Waals surface area contributed by atoms with E-state index < -0.39 is 0 Å². The lowest BCUT2D eigenvalue weighted by Crippen LogP contribution is -2.27. The monoisotopic (exact) mass is 223 g/mol. The molecule has 1 aromatic heterocycles. The Bertz CT molecular complexity index is 307. The van der Waals surface area contributed by atoms with Gasteiger partial charge in [0.2, 0.25) is 0 Å². The van der Waals surface area contributed by atoms with Crippen molar-refractivity contribution in [3.05, 3.63) is 17.5 Å². The highest BCUT2D eigenvalue weighted by atomic mass is 16.5. The molecule has 1 aliphatic rings. The first-order valence-corrected chi connectivity index (χ1v) is 6.27. The molecule has 1 heterocycles. The lowest BCUT2D eigenvalue weighted by atomic mass is 10.3. The molecular weight excluding hydrogens is 202 g/mol. The maximum atomic E-state index is 5.28. The van der Waals surface area contributed by atoms with Gasteiger partial charge in [0.25, 0.3) is 0 Å². The SMILES string of the molecule is CCCNCCNCc1cc(C2CC2)on1. The van der Waals surface area contributed by atoms with Gasteiger partial charge >= 0.3 is 0 Å². The van der Waals surface area contributed by atoms with E-state index in [1.807, 2.05) is 0 Å².